The van der Waals surface area contributed by atoms with Gasteiger partial charge in [-0.25, -0.2) is 4.79 Å². The van der Waals surface area contributed by atoms with Crippen LogP contribution in [0.2, 0.25) is 5.02 Å². The molecule has 0 aliphatic heterocycles. The molecule has 1 N–H and O–H groups in total. The maximum Gasteiger partial charge on any atom is 0.413 e. The van der Waals surface area contributed by atoms with Crippen molar-refractivity contribution in [3.63, 3.8) is 0 Å². The Morgan fingerprint density at radius 1 is 1.33 bits per heavy atom. The summed E-state index contributed by atoms with van der Waals surface area (Å²) < 4.78 is 4.33. The van der Waals surface area contributed by atoms with Crippen molar-refractivity contribution in [1.82, 2.24) is 10.2 Å². The predicted octanol–water partition coefficient (Wildman–Crippen LogP) is 1.65. The number of nitrogens with one attached hydrogen (secondary N) is 1. The second kappa shape index (κ2) is 6.98. The summed E-state index contributed by atoms with van der Waals surface area (Å²) in [7, 11) is 2.99. The van der Waals surface area contributed by atoms with Gasteiger partial charge in [0.15, 0.2) is 0 Å². The highest BCUT2D eigenvalue weighted by molar-refractivity contribution is 6.30. The number of nitrogens with zero attached hydrogens (tertiary/aromatic N) is 1. The van der Waals surface area contributed by atoms with Crippen LogP contribution < -0.4 is 5.32 Å². The van der Waals surface area contributed by atoms with E-state index >= 15 is 0 Å². The van der Waals surface area contributed by atoms with Crippen LogP contribution in [-0.4, -0.2) is 37.6 Å². The van der Waals surface area contributed by atoms with E-state index in [0.29, 0.717) is 11.6 Å². The normalized spacial score (nSPS) is 10.2. The van der Waals surface area contributed by atoms with E-state index < -0.39 is 12.0 Å². The van der Waals surface area contributed by atoms with E-state index in [9.17, 15) is 9.59 Å². The highest BCUT2D eigenvalue weighted by Crippen LogP contribution is 2.10. The molecule has 0 aliphatic rings. The molecular weight excluding hydrogens is 256 g/mol. The molecule has 0 saturated heterocycles. The standard InChI is InChI=1S/C12H15ClN2O3/c1-15(8-11(16)14-12(17)18-2)7-9-3-5-10(13)6-4-9/h3-6H,7-8H2,1-2H3,(H,14,16,17). The van der Waals surface area contributed by atoms with Crippen LogP contribution >= 0.6 is 11.6 Å². The molecular formula is C12H15ClN2O3. The molecule has 0 aliphatic carbocycles. The lowest BCUT2D eigenvalue weighted by atomic mass is 10.2. The van der Waals surface area contributed by atoms with E-state index in [-0.39, 0.29) is 6.54 Å². The van der Waals surface area contributed by atoms with Crippen LogP contribution in [0.3, 0.4) is 0 Å². The molecule has 0 bridgehead atoms. The summed E-state index contributed by atoms with van der Waals surface area (Å²) in [4.78, 5) is 24.0. The fourth-order valence-electron chi connectivity index (χ4n) is 1.41. The average molecular weight is 271 g/mol. The summed E-state index contributed by atoms with van der Waals surface area (Å²) in [5, 5.41) is 2.76. The molecule has 18 heavy (non-hydrogen) atoms. The number of carbonyl (C=O) groups excluding carboxylic acids is 2. The smallest absolute Gasteiger partial charge is 0.413 e. The minimum Gasteiger partial charge on any atom is -0.453 e. The Kier molecular flexibility index (Phi) is 5.61. The van der Waals surface area contributed by atoms with Crippen molar-refractivity contribution in [1.29, 1.82) is 0 Å². The first kappa shape index (κ1) is 14.5. The van der Waals surface area contributed by atoms with Gasteiger partial charge in [-0.1, -0.05) is 23.7 Å². The van der Waals surface area contributed by atoms with Crippen LogP contribution in [-0.2, 0) is 16.1 Å². The van der Waals surface area contributed by atoms with Gasteiger partial charge in [-0.2, -0.15) is 0 Å². The second-order valence-corrected chi connectivity index (χ2v) is 4.27. The molecule has 1 aromatic carbocycles. The predicted molar refractivity (Wildman–Crippen MR) is 68.3 cm³/mol. The Bertz CT molecular complexity index is 420. The number of alkyl carbamates (subject to hydrolysis) is 1. The van der Waals surface area contributed by atoms with Crippen molar-refractivity contribution in [3.05, 3.63) is 34.9 Å². The lowest BCUT2D eigenvalue weighted by Gasteiger charge is -2.15. The number of carbonyl (C=O) groups is 2. The number of rotatable bonds is 4. The molecule has 0 heterocycles. The first-order chi connectivity index (χ1) is 8.51. The van der Waals surface area contributed by atoms with Crippen LogP contribution in [0.4, 0.5) is 4.79 Å². The van der Waals surface area contributed by atoms with Gasteiger partial charge >= 0.3 is 6.09 Å². The maximum absolute atomic E-state index is 11.4. The summed E-state index contributed by atoms with van der Waals surface area (Å²) in [5.41, 5.74) is 1.03. The Hall–Kier alpha value is -1.59. The molecule has 2 amide bonds. The first-order valence-corrected chi connectivity index (χ1v) is 5.70. The van der Waals surface area contributed by atoms with Crippen molar-refractivity contribution >= 4 is 23.6 Å². The maximum atomic E-state index is 11.4. The average Bonchev–Trinajstić information content (AvgIpc) is 2.31. The fourth-order valence-corrected chi connectivity index (χ4v) is 1.53. The Labute approximate surface area is 111 Å². The summed E-state index contributed by atoms with van der Waals surface area (Å²) >= 11 is 5.78. The quantitative estimate of drug-likeness (QED) is 0.904. The van der Waals surface area contributed by atoms with E-state index in [4.69, 9.17) is 11.6 Å². The molecule has 1 rings (SSSR count). The highest BCUT2D eigenvalue weighted by Gasteiger charge is 2.10. The van der Waals surface area contributed by atoms with Crippen molar-refractivity contribution < 1.29 is 14.3 Å². The highest BCUT2D eigenvalue weighted by atomic mass is 35.5. The van der Waals surface area contributed by atoms with Crippen molar-refractivity contribution in [2.24, 2.45) is 0 Å². The minimum absolute atomic E-state index is 0.109. The molecule has 0 saturated carbocycles. The topological polar surface area (TPSA) is 58.6 Å². The third-order valence-electron chi connectivity index (χ3n) is 2.21. The number of hydrogen-bond donors (Lipinski definition) is 1. The molecule has 6 heteroatoms. The number of hydrogen-bond acceptors (Lipinski definition) is 4. The number of ether oxygens (including phenoxy) is 1. The number of methoxy groups -OCH3 is 1. The van der Waals surface area contributed by atoms with Crippen molar-refractivity contribution in [2.75, 3.05) is 20.7 Å². The molecule has 0 spiro atoms. The zero-order chi connectivity index (χ0) is 13.5. The number of amides is 2. The number of likely N-dealkylation sites (N-methyl/N-ethyl adjacent to an activating group) is 1. The summed E-state index contributed by atoms with van der Waals surface area (Å²) in [5.74, 6) is -0.404. The Morgan fingerprint density at radius 3 is 2.50 bits per heavy atom. The van der Waals surface area contributed by atoms with Gasteiger partial charge in [0.2, 0.25) is 5.91 Å². The Morgan fingerprint density at radius 2 is 1.94 bits per heavy atom. The Balaban J connectivity index is 2.41. The molecule has 0 radical (unpaired) electrons. The van der Waals surface area contributed by atoms with Gasteiger partial charge in [0, 0.05) is 11.6 Å². The van der Waals surface area contributed by atoms with Crippen molar-refractivity contribution in [3.8, 4) is 0 Å². The summed E-state index contributed by atoms with van der Waals surface area (Å²) in [6.07, 6.45) is -0.750. The molecule has 5 nitrogen and oxygen atoms in total. The van der Waals surface area contributed by atoms with E-state index in [0.717, 1.165) is 5.56 Å². The number of imide groups is 1. The molecule has 98 valence electrons. The largest absolute Gasteiger partial charge is 0.453 e. The van der Waals surface area contributed by atoms with Gasteiger partial charge < -0.3 is 4.74 Å². The molecule has 0 fully saturated rings. The summed E-state index contributed by atoms with van der Waals surface area (Å²) in [6.45, 7) is 0.698. The van der Waals surface area contributed by atoms with Gasteiger partial charge in [0.1, 0.15) is 0 Å². The van der Waals surface area contributed by atoms with E-state index in [1.165, 1.54) is 7.11 Å². The van der Waals surface area contributed by atoms with E-state index in [1.807, 2.05) is 12.1 Å². The van der Waals surface area contributed by atoms with Gasteiger partial charge in [-0.05, 0) is 24.7 Å². The lowest BCUT2D eigenvalue weighted by Crippen LogP contribution is -2.38. The van der Waals surface area contributed by atoms with Crippen LogP contribution in [0.5, 0.6) is 0 Å². The minimum atomic E-state index is -0.750. The number of benzene rings is 1. The van der Waals surface area contributed by atoms with E-state index in [1.54, 1.807) is 24.1 Å². The van der Waals surface area contributed by atoms with Crippen LogP contribution in [0, 0.1) is 0 Å². The fraction of sp³-hybridized carbons (Fsp3) is 0.333. The zero-order valence-corrected chi connectivity index (χ0v) is 11.0. The number of halogens is 1. The third-order valence-corrected chi connectivity index (χ3v) is 2.46. The van der Waals surface area contributed by atoms with Crippen LogP contribution in [0.15, 0.2) is 24.3 Å². The SMILES string of the molecule is COC(=O)NC(=O)CN(C)Cc1ccc(Cl)cc1. The van der Waals surface area contributed by atoms with Gasteiger partial charge in [0.05, 0.1) is 13.7 Å². The second-order valence-electron chi connectivity index (χ2n) is 3.84. The van der Waals surface area contributed by atoms with Crippen LogP contribution in [0.1, 0.15) is 5.56 Å². The summed E-state index contributed by atoms with van der Waals surface area (Å²) in [6, 6.07) is 7.35. The van der Waals surface area contributed by atoms with Crippen molar-refractivity contribution in [2.45, 2.75) is 6.54 Å². The third kappa shape index (κ3) is 5.16. The monoisotopic (exact) mass is 270 g/mol. The lowest BCUT2D eigenvalue weighted by molar-refractivity contribution is -0.121. The van der Waals surface area contributed by atoms with Gasteiger partial charge in [0.25, 0.3) is 0 Å². The molecule has 0 aromatic heterocycles. The molecule has 1 aromatic rings. The zero-order valence-electron chi connectivity index (χ0n) is 10.3. The van der Waals surface area contributed by atoms with E-state index in [2.05, 4.69) is 10.1 Å². The van der Waals surface area contributed by atoms with Gasteiger partial charge in [-0.3, -0.25) is 15.0 Å². The molecule has 0 atom stereocenters. The molecule has 0 unspecified atom stereocenters. The van der Waals surface area contributed by atoms with Crippen LogP contribution in [0.25, 0.3) is 0 Å². The first-order valence-electron chi connectivity index (χ1n) is 5.32. The van der Waals surface area contributed by atoms with Gasteiger partial charge in [-0.15, -0.1) is 0 Å².